The first-order chi connectivity index (χ1) is 13.4. The molecular formula is C19H26FN3O5. The number of likely N-dealkylation sites (tertiary alicyclic amines) is 1. The third-order valence-electron chi connectivity index (χ3n) is 4.90. The molecule has 4 N–H and O–H groups in total. The zero-order valence-electron chi connectivity index (χ0n) is 15.7. The van der Waals surface area contributed by atoms with Crippen LogP contribution in [0.15, 0.2) is 24.3 Å². The molecule has 0 spiro atoms. The van der Waals surface area contributed by atoms with E-state index >= 15 is 0 Å². The number of amides is 3. The number of hydroxylamine groups is 1. The number of halogens is 1. The molecule has 154 valence electrons. The van der Waals surface area contributed by atoms with Crippen LogP contribution in [0, 0.1) is 11.7 Å². The molecular weight excluding hydrogens is 369 g/mol. The quantitative estimate of drug-likeness (QED) is 0.392. The van der Waals surface area contributed by atoms with E-state index in [0.717, 1.165) is 6.42 Å². The van der Waals surface area contributed by atoms with Crippen molar-refractivity contribution in [3.8, 4) is 0 Å². The lowest BCUT2D eigenvalue weighted by molar-refractivity contribution is -0.152. The number of hydrogen-bond donors (Lipinski definition) is 4. The highest BCUT2D eigenvalue weighted by atomic mass is 19.1. The molecule has 2 rings (SSSR count). The lowest BCUT2D eigenvalue weighted by Crippen LogP contribution is -2.50. The van der Waals surface area contributed by atoms with Gasteiger partial charge in [0.25, 0.3) is 5.91 Å². The van der Waals surface area contributed by atoms with Crippen molar-refractivity contribution >= 4 is 23.4 Å². The number of nitrogens with one attached hydrogen (secondary N) is 2. The average molecular weight is 395 g/mol. The number of carbonyl (C=O) groups is 3. The van der Waals surface area contributed by atoms with Gasteiger partial charge in [0.1, 0.15) is 18.0 Å². The highest BCUT2D eigenvalue weighted by Gasteiger charge is 2.40. The summed E-state index contributed by atoms with van der Waals surface area (Å²) in [5.74, 6) is -3.44. The summed E-state index contributed by atoms with van der Waals surface area (Å²) in [5.41, 5.74) is 1.78. The lowest BCUT2D eigenvalue weighted by Gasteiger charge is -2.30. The Bertz CT molecular complexity index is 697. The molecule has 3 amide bonds. The molecule has 1 aliphatic rings. The molecule has 3 atom stereocenters. The van der Waals surface area contributed by atoms with Crippen LogP contribution in [-0.2, 0) is 14.4 Å². The van der Waals surface area contributed by atoms with Gasteiger partial charge in [-0.1, -0.05) is 19.8 Å². The van der Waals surface area contributed by atoms with Gasteiger partial charge in [-0.05, 0) is 43.5 Å². The van der Waals surface area contributed by atoms with Crippen molar-refractivity contribution in [1.29, 1.82) is 0 Å². The van der Waals surface area contributed by atoms with Gasteiger partial charge in [-0.2, -0.15) is 0 Å². The topological polar surface area (TPSA) is 119 Å². The van der Waals surface area contributed by atoms with E-state index in [1.807, 2.05) is 6.92 Å². The summed E-state index contributed by atoms with van der Waals surface area (Å²) in [4.78, 5) is 38.6. The number of nitrogens with zero attached hydrogens (tertiary/aromatic N) is 1. The lowest BCUT2D eigenvalue weighted by atomic mass is 9.93. The largest absolute Gasteiger partial charge is 0.382 e. The van der Waals surface area contributed by atoms with Crippen molar-refractivity contribution in [2.45, 2.75) is 51.2 Å². The molecule has 0 saturated carbocycles. The van der Waals surface area contributed by atoms with Crippen LogP contribution < -0.4 is 10.8 Å². The number of hydrogen-bond acceptors (Lipinski definition) is 5. The molecule has 9 heteroatoms. The van der Waals surface area contributed by atoms with Crippen molar-refractivity contribution in [2.24, 2.45) is 5.92 Å². The monoisotopic (exact) mass is 395 g/mol. The highest BCUT2D eigenvalue weighted by Crippen LogP contribution is 2.25. The summed E-state index contributed by atoms with van der Waals surface area (Å²) in [6, 6.07) is 4.54. The molecule has 1 heterocycles. The van der Waals surface area contributed by atoms with Crippen molar-refractivity contribution in [1.82, 2.24) is 10.4 Å². The Labute approximate surface area is 162 Å². The maximum absolute atomic E-state index is 13.0. The Morgan fingerprint density at radius 1 is 1.29 bits per heavy atom. The third-order valence-corrected chi connectivity index (χ3v) is 4.90. The van der Waals surface area contributed by atoms with Gasteiger partial charge in [0.15, 0.2) is 0 Å². The van der Waals surface area contributed by atoms with E-state index in [1.54, 1.807) is 0 Å². The molecule has 3 unspecified atom stereocenters. The van der Waals surface area contributed by atoms with Gasteiger partial charge in [-0.15, -0.1) is 0 Å². The van der Waals surface area contributed by atoms with Crippen LogP contribution in [0.3, 0.4) is 0 Å². The van der Waals surface area contributed by atoms with Gasteiger partial charge in [-0.25, -0.2) is 9.87 Å². The van der Waals surface area contributed by atoms with Crippen molar-refractivity contribution < 1.29 is 29.1 Å². The highest BCUT2D eigenvalue weighted by molar-refractivity contribution is 5.98. The Balaban J connectivity index is 2.12. The minimum Gasteiger partial charge on any atom is -0.382 e. The van der Waals surface area contributed by atoms with E-state index in [4.69, 9.17) is 5.21 Å². The molecule has 1 aromatic rings. The summed E-state index contributed by atoms with van der Waals surface area (Å²) >= 11 is 0. The molecule has 0 bridgehead atoms. The maximum Gasteiger partial charge on any atom is 0.272 e. The number of rotatable bonds is 8. The molecule has 1 aliphatic heterocycles. The Morgan fingerprint density at radius 2 is 1.96 bits per heavy atom. The van der Waals surface area contributed by atoms with Crippen LogP contribution in [0.5, 0.6) is 0 Å². The van der Waals surface area contributed by atoms with E-state index in [9.17, 15) is 23.9 Å². The first-order valence-electron chi connectivity index (χ1n) is 9.38. The summed E-state index contributed by atoms with van der Waals surface area (Å²) in [7, 11) is 0. The molecule has 0 aliphatic carbocycles. The van der Waals surface area contributed by atoms with Crippen LogP contribution in [0.2, 0.25) is 0 Å². The normalized spacial score (nSPS) is 18.4. The predicted octanol–water partition coefficient (Wildman–Crippen LogP) is 1.43. The maximum atomic E-state index is 13.0. The number of aliphatic hydroxyl groups excluding tert-OH is 1. The first-order valence-corrected chi connectivity index (χ1v) is 9.38. The average Bonchev–Trinajstić information content (AvgIpc) is 3.19. The fourth-order valence-electron chi connectivity index (χ4n) is 3.36. The number of benzene rings is 1. The van der Waals surface area contributed by atoms with Crippen molar-refractivity contribution in [3.63, 3.8) is 0 Å². The van der Waals surface area contributed by atoms with Crippen LogP contribution in [0.1, 0.15) is 39.0 Å². The summed E-state index contributed by atoms with van der Waals surface area (Å²) < 4.78 is 13.0. The molecule has 0 radical (unpaired) electrons. The molecule has 0 aromatic heterocycles. The molecule has 1 saturated heterocycles. The standard InChI is InChI=1S/C19H26FN3O5/c1-2-3-5-14(16(24)18(26)22-28)19(27)23-11-4-6-15(23)17(25)21-13-9-7-12(20)8-10-13/h7-10,14-16,24,28H,2-6,11H2,1H3,(H,21,25)(H,22,26). The Kier molecular flexibility index (Phi) is 7.89. The third kappa shape index (κ3) is 5.26. The summed E-state index contributed by atoms with van der Waals surface area (Å²) in [6.45, 7) is 2.24. The van der Waals surface area contributed by atoms with Gasteiger partial charge in [-0.3, -0.25) is 19.6 Å². The van der Waals surface area contributed by atoms with Crippen molar-refractivity contribution in [2.75, 3.05) is 11.9 Å². The molecule has 28 heavy (non-hydrogen) atoms. The number of aliphatic hydroxyl groups is 1. The van der Waals surface area contributed by atoms with Crippen LogP contribution in [0.4, 0.5) is 10.1 Å². The first kappa shape index (κ1) is 21.8. The van der Waals surface area contributed by atoms with E-state index in [0.29, 0.717) is 31.5 Å². The molecule has 8 nitrogen and oxygen atoms in total. The predicted molar refractivity (Wildman–Crippen MR) is 98.7 cm³/mol. The smallest absolute Gasteiger partial charge is 0.272 e. The van der Waals surface area contributed by atoms with Gasteiger partial charge < -0.3 is 15.3 Å². The summed E-state index contributed by atoms with van der Waals surface area (Å²) in [5, 5.41) is 21.6. The van der Waals surface area contributed by atoms with Gasteiger partial charge in [0, 0.05) is 12.2 Å². The fourth-order valence-corrected chi connectivity index (χ4v) is 3.36. The van der Waals surface area contributed by atoms with Crippen LogP contribution in [0.25, 0.3) is 0 Å². The minimum absolute atomic E-state index is 0.257. The van der Waals surface area contributed by atoms with Crippen LogP contribution in [-0.4, -0.2) is 51.6 Å². The second-order valence-electron chi connectivity index (χ2n) is 6.86. The van der Waals surface area contributed by atoms with Gasteiger partial charge in [0.05, 0.1) is 5.92 Å². The summed E-state index contributed by atoms with van der Waals surface area (Å²) in [6.07, 6.45) is 0.966. The fraction of sp³-hybridized carbons (Fsp3) is 0.526. The zero-order chi connectivity index (χ0) is 20.7. The van der Waals surface area contributed by atoms with Crippen LogP contribution >= 0.6 is 0 Å². The SMILES string of the molecule is CCCCC(C(=O)N1CCCC1C(=O)Nc1ccc(F)cc1)C(O)C(=O)NO. The number of carbonyl (C=O) groups excluding carboxylic acids is 3. The van der Waals surface area contributed by atoms with Crippen molar-refractivity contribution in [3.05, 3.63) is 30.1 Å². The second kappa shape index (κ2) is 10.1. The van der Waals surface area contributed by atoms with E-state index in [-0.39, 0.29) is 6.42 Å². The van der Waals surface area contributed by atoms with E-state index < -0.39 is 41.6 Å². The number of unbranched alkanes of at least 4 members (excludes halogenated alkanes) is 1. The van der Waals surface area contributed by atoms with Gasteiger partial charge in [0.2, 0.25) is 11.8 Å². The molecule has 1 fully saturated rings. The number of anilines is 1. The Morgan fingerprint density at radius 3 is 2.57 bits per heavy atom. The minimum atomic E-state index is -1.70. The molecule has 1 aromatic carbocycles. The Hall–Kier alpha value is -2.52. The van der Waals surface area contributed by atoms with E-state index in [1.165, 1.54) is 34.6 Å². The second-order valence-corrected chi connectivity index (χ2v) is 6.86. The van der Waals surface area contributed by atoms with Gasteiger partial charge >= 0.3 is 0 Å². The van der Waals surface area contributed by atoms with E-state index in [2.05, 4.69) is 5.32 Å². The zero-order valence-corrected chi connectivity index (χ0v) is 15.7.